The van der Waals surface area contributed by atoms with Gasteiger partial charge in [-0.3, -0.25) is 4.79 Å². The molecule has 1 aliphatic rings. The number of carbonyl (C=O) groups excluding carboxylic acids is 1. The summed E-state index contributed by atoms with van der Waals surface area (Å²) in [6.07, 6.45) is -4.47. The van der Waals surface area contributed by atoms with E-state index in [2.05, 4.69) is 15.1 Å². The van der Waals surface area contributed by atoms with Crippen molar-refractivity contribution in [2.45, 2.75) is 25.4 Å². The SMILES string of the molecule is Cc1csc(-c2noc(C3CC(=O)N(CC(F)(F)F)C3)n2)n1. The fourth-order valence-corrected chi connectivity index (χ4v) is 2.97. The number of aromatic nitrogens is 3. The molecule has 1 fully saturated rings. The smallest absolute Gasteiger partial charge is 0.339 e. The highest BCUT2D eigenvalue weighted by molar-refractivity contribution is 7.13. The lowest BCUT2D eigenvalue weighted by molar-refractivity contribution is -0.157. The molecule has 1 atom stereocenters. The number of aryl methyl sites for hydroxylation is 1. The molecule has 2 aromatic heterocycles. The van der Waals surface area contributed by atoms with Gasteiger partial charge in [0.1, 0.15) is 6.54 Å². The van der Waals surface area contributed by atoms with Crippen LogP contribution in [0.4, 0.5) is 13.2 Å². The Kier molecular flexibility index (Phi) is 3.63. The molecule has 22 heavy (non-hydrogen) atoms. The molecule has 2 aromatic rings. The second-order valence-electron chi connectivity index (χ2n) is 5.04. The minimum atomic E-state index is -4.41. The molecule has 3 rings (SSSR count). The van der Waals surface area contributed by atoms with Gasteiger partial charge in [-0.05, 0) is 6.92 Å². The molecule has 0 spiro atoms. The van der Waals surface area contributed by atoms with E-state index in [4.69, 9.17) is 4.52 Å². The van der Waals surface area contributed by atoms with Gasteiger partial charge in [0.2, 0.25) is 17.6 Å². The van der Waals surface area contributed by atoms with Crippen LogP contribution in [-0.2, 0) is 4.79 Å². The monoisotopic (exact) mass is 332 g/mol. The van der Waals surface area contributed by atoms with Crippen LogP contribution in [0.3, 0.4) is 0 Å². The molecular weight excluding hydrogens is 321 g/mol. The van der Waals surface area contributed by atoms with Gasteiger partial charge < -0.3 is 9.42 Å². The normalized spacial score (nSPS) is 19.2. The fourth-order valence-electron chi connectivity index (χ4n) is 2.25. The third-order valence-electron chi connectivity index (χ3n) is 3.19. The predicted octanol–water partition coefficient (Wildman–Crippen LogP) is 2.38. The molecule has 1 saturated heterocycles. The van der Waals surface area contributed by atoms with Crippen molar-refractivity contribution in [3.63, 3.8) is 0 Å². The Morgan fingerprint density at radius 1 is 1.45 bits per heavy atom. The summed E-state index contributed by atoms with van der Waals surface area (Å²) in [4.78, 5) is 20.8. The molecule has 0 radical (unpaired) electrons. The lowest BCUT2D eigenvalue weighted by Crippen LogP contribution is -2.35. The van der Waals surface area contributed by atoms with Crippen molar-refractivity contribution in [3.05, 3.63) is 17.0 Å². The third kappa shape index (κ3) is 3.11. The van der Waals surface area contributed by atoms with Crippen LogP contribution >= 0.6 is 11.3 Å². The Hall–Kier alpha value is -1.97. The first-order chi connectivity index (χ1) is 10.3. The number of amides is 1. The molecule has 1 aliphatic heterocycles. The number of carbonyl (C=O) groups is 1. The van der Waals surface area contributed by atoms with E-state index in [1.54, 1.807) is 0 Å². The molecular formula is C12H11F3N4O2S. The highest BCUT2D eigenvalue weighted by Crippen LogP contribution is 2.31. The lowest BCUT2D eigenvalue weighted by Gasteiger charge is -2.17. The average Bonchev–Trinajstić information content (AvgIpc) is 3.08. The first-order valence-electron chi connectivity index (χ1n) is 6.42. The Bertz CT molecular complexity index is 697. The summed E-state index contributed by atoms with van der Waals surface area (Å²) in [5.41, 5.74) is 0.818. The largest absolute Gasteiger partial charge is 0.406 e. The van der Waals surface area contributed by atoms with Crippen molar-refractivity contribution < 1.29 is 22.5 Å². The quantitative estimate of drug-likeness (QED) is 0.863. The zero-order valence-corrected chi connectivity index (χ0v) is 12.2. The zero-order valence-electron chi connectivity index (χ0n) is 11.4. The number of likely N-dealkylation sites (tertiary alicyclic amines) is 1. The van der Waals surface area contributed by atoms with Crippen molar-refractivity contribution >= 4 is 17.2 Å². The Morgan fingerprint density at radius 2 is 2.23 bits per heavy atom. The average molecular weight is 332 g/mol. The highest BCUT2D eigenvalue weighted by Gasteiger charge is 2.40. The molecule has 0 bridgehead atoms. The molecule has 0 N–H and O–H groups in total. The van der Waals surface area contributed by atoms with E-state index < -0.39 is 24.5 Å². The molecule has 10 heteroatoms. The third-order valence-corrected chi connectivity index (χ3v) is 4.14. The number of hydrogen-bond acceptors (Lipinski definition) is 6. The van der Waals surface area contributed by atoms with E-state index in [1.165, 1.54) is 11.3 Å². The Balaban J connectivity index is 1.73. The fraction of sp³-hybridized carbons (Fsp3) is 0.500. The first-order valence-corrected chi connectivity index (χ1v) is 7.30. The summed E-state index contributed by atoms with van der Waals surface area (Å²) in [5.74, 6) is -0.625. The van der Waals surface area contributed by atoms with E-state index in [1.807, 2.05) is 12.3 Å². The standard InChI is InChI=1S/C12H11F3N4O2S/c1-6-4-22-11(16-6)9-17-10(21-18-9)7-2-8(20)19(3-7)5-12(13,14)15/h4,7H,2-3,5H2,1H3. The zero-order chi connectivity index (χ0) is 15.9. The van der Waals surface area contributed by atoms with Crippen LogP contribution in [0.2, 0.25) is 0 Å². The number of halogens is 3. The molecule has 6 nitrogen and oxygen atoms in total. The van der Waals surface area contributed by atoms with E-state index in [0.29, 0.717) is 5.01 Å². The predicted molar refractivity (Wildman–Crippen MR) is 70.1 cm³/mol. The van der Waals surface area contributed by atoms with Gasteiger partial charge in [-0.1, -0.05) is 5.16 Å². The second kappa shape index (κ2) is 5.34. The van der Waals surface area contributed by atoms with Crippen molar-refractivity contribution in [2.75, 3.05) is 13.1 Å². The Morgan fingerprint density at radius 3 is 2.86 bits per heavy atom. The van der Waals surface area contributed by atoms with Gasteiger partial charge in [-0.15, -0.1) is 11.3 Å². The molecule has 0 saturated carbocycles. The maximum atomic E-state index is 12.4. The topological polar surface area (TPSA) is 72.1 Å². The van der Waals surface area contributed by atoms with Gasteiger partial charge in [0.15, 0.2) is 5.01 Å². The molecule has 118 valence electrons. The van der Waals surface area contributed by atoms with Crippen LogP contribution in [0.1, 0.15) is 23.9 Å². The van der Waals surface area contributed by atoms with Gasteiger partial charge in [0.05, 0.1) is 5.92 Å². The Labute approximate surface area is 127 Å². The molecule has 1 amide bonds. The lowest BCUT2D eigenvalue weighted by atomic mass is 10.1. The van der Waals surface area contributed by atoms with Crippen molar-refractivity contribution in [1.29, 1.82) is 0 Å². The summed E-state index contributed by atoms with van der Waals surface area (Å²) < 4.78 is 42.2. The summed E-state index contributed by atoms with van der Waals surface area (Å²) >= 11 is 1.35. The van der Waals surface area contributed by atoms with Gasteiger partial charge in [0.25, 0.3) is 0 Å². The number of nitrogens with zero attached hydrogens (tertiary/aromatic N) is 4. The second-order valence-corrected chi connectivity index (χ2v) is 5.90. The van der Waals surface area contributed by atoms with Crippen LogP contribution in [-0.4, -0.2) is 45.2 Å². The van der Waals surface area contributed by atoms with Gasteiger partial charge in [-0.2, -0.15) is 18.2 Å². The highest BCUT2D eigenvalue weighted by atomic mass is 32.1. The summed E-state index contributed by atoms with van der Waals surface area (Å²) in [5, 5.41) is 6.18. The van der Waals surface area contributed by atoms with Crippen LogP contribution in [0.5, 0.6) is 0 Å². The van der Waals surface area contributed by atoms with Crippen molar-refractivity contribution in [1.82, 2.24) is 20.0 Å². The van der Waals surface area contributed by atoms with Crippen LogP contribution in [0.25, 0.3) is 10.8 Å². The van der Waals surface area contributed by atoms with Crippen LogP contribution in [0.15, 0.2) is 9.90 Å². The molecule has 3 heterocycles. The molecule has 0 aromatic carbocycles. The summed E-state index contributed by atoms with van der Waals surface area (Å²) in [7, 11) is 0. The molecule has 1 unspecified atom stereocenters. The van der Waals surface area contributed by atoms with Crippen molar-refractivity contribution in [2.24, 2.45) is 0 Å². The number of alkyl halides is 3. The van der Waals surface area contributed by atoms with Crippen LogP contribution < -0.4 is 0 Å². The minimum absolute atomic E-state index is 0.0609. The van der Waals surface area contributed by atoms with E-state index in [-0.39, 0.29) is 24.7 Å². The minimum Gasteiger partial charge on any atom is -0.339 e. The maximum absolute atomic E-state index is 12.4. The number of thiazole rings is 1. The van der Waals surface area contributed by atoms with Gasteiger partial charge in [0, 0.05) is 24.0 Å². The van der Waals surface area contributed by atoms with E-state index >= 15 is 0 Å². The van der Waals surface area contributed by atoms with Crippen LogP contribution in [0, 0.1) is 6.92 Å². The van der Waals surface area contributed by atoms with Gasteiger partial charge in [-0.25, -0.2) is 4.98 Å². The van der Waals surface area contributed by atoms with Crippen molar-refractivity contribution in [3.8, 4) is 10.8 Å². The number of hydrogen-bond donors (Lipinski definition) is 0. The molecule has 0 aliphatic carbocycles. The maximum Gasteiger partial charge on any atom is 0.406 e. The number of rotatable bonds is 3. The summed E-state index contributed by atoms with van der Waals surface area (Å²) in [6.45, 7) is 0.498. The van der Waals surface area contributed by atoms with E-state index in [9.17, 15) is 18.0 Å². The van der Waals surface area contributed by atoms with Gasteiger partial charge >= 0.3 is 6.18 Å². The first kappa shape index (κ1) is 14.9. The van der Waals surface area contributed by atoms with E-state index in [0.717, 1.165) is 10.6 Å². The summed E-state index contributed by atoms with van der Waals surface area (Å²) in [6, 6.07) is 0.